The summed E-state index contributed by atoms with van der Waals surface area (Å²) in [5, 5.41) is 6.18. The Balaban J connectivity index is 1.52. The normalized spacial score (nSPS) is 15.1. The van der Waals surface area contributed by atoms with Crippen molar-refractivity contribution in [3.63, 3.8) is 0 Å². The van der Waals surface area contributed by atoms with E-state index in [1.807, 2.05) is 24.3 Å². The topological polar surface area (TPSA) is 82.6 Å². The first-order chi connectivity index (χ1) is 14.0. The Morgan fingerprint density at radius 3 is 2.83 bits per heavy atom. The molecule has 9 heteroatoms. The molecule has 0 spiro atoms. The van der Waals surface area contributed by atoms with Crippen molar-refractivity contribution in [3.8, 4) is 5.75 Å². The SMILES string of the molecule is COc1cccc(Nc2ncc(Cl)c(C(=O)NCCCN3CCN(C)CC3)n2)c1. The van der Waals surface area contributed by atoms with Crippen molar-refractivity contribution in [3.05, 3.63) is 41.2 Å². The lowest BCUT2D eigenvalue weighted by atomic mass is 10.3. The van der Waals surface area contributed by atoms with Crippen molar-refractivity contribution in [2.24, 2.45) is 0 Å². The first kappa shape index (κ1) is 21.3. The Bertz CT molecular complexity index is 826. The minimum absolute atomic E-state index is 0.159. The fraction of sp³-hybridized carbons (Fsp3) is 0.450. The zero-order valence-electron chi connectivity index (χ0n) is 16.8. The standard InChI is InChI=1S/C20H27ClN6O2/c1-26-9-11-27(12-10-26)8-4-7-22-19(28)18-17(21)14-23-20(25-18)24-15-5-3-6-16(13-15)29-2/h3,5-6,13-14H,4,7-12H2,1-2H3,(H,22,28)(H,23,24,25). The molecule has 0 atom stereocenters. The Labute approximate surface area is 176 Å². The van der Waals surface area contributed by atoms with Gasteiger partial charge in [0.25, 0.3) is 5.91 Å². The van der Waals surface area contributed by atoms with Crippen LogP contribution in [0.15, 0.2) is 30.5 Å². The number of nitrogens with zero attached hydrogens (tertiary/aromatic N) is 4. The van der Waals surface area contributed by atoms with Crippen molar-refractivity contribution in [2.75, 3.05) is 58.7 Å². The molecule has 1 saturated heterocycles. The summed E-state index contributed by atoms with van der Waals surface area (Å²) in [6.07, 6.45) is 2.31. The number of methoxy groups -OCH3 is 1. The van der Waals surface area contributed by atoms with Gasteiger partial charge in [0, 0.05) is 44.5 Å². The zero-order chi connectivity index (χ0) is 20.6. The second-order valence-corrected chi connectivity index (χ2v) is 7.41. The average molecular weight is 419 g/mol. The number of ether oxygens (including phenoxy) is 1. The number of piperazine rings is 1. The fourth-order valence-electron chi connectivity index (χ4n) is 3.08. The Morgan fingerprint density at radius 2 is 2.07 bits per heavy atom. The lowest BCUT2D eigenvalue weighted by Crippen LogP contribution is -2.45. The van der Waals surface area contributed by atoms with Crippen LogP contribution in [0.3, 0.4) is 0 Å². The van der Waals surface area contributed by atoms with E-state index in [1.54, 1.807) is 7.11 Å². The van der Waals surface area contributed by atoms with Crippen molar-refractivity contribution in [1.29, 1.82) is 0 Å². The van der Waals surface area contributed by atoms with Crippen LogP contribution in [0.5, 0.6) is 5.75 Å². The van der Waals surface area contributed by atoms with Crippen LogP contribution in [0, 0.1) is 0 Å². The molecule has 0 bridgehead atoms. The van der Waals surface area contributed by atoms with Gasteiger partial charge in [-0.3, -0.25) is 4.79 Å². The van der Waals surface area contributed by atoms with Crippen LogP contribution in [0.25, 0.3) is 0 Å². The predicted molar refractivity (Wildman–Crippen MR) is 114 cm³/mol. The minimum atomic E-state index is -0.301. The highest BCUT2D eigenvalue weighted by Crippen LogP contribution is 2.21. The number of carbonyl (C=O) groups is 1. The molecule has 8 nitrogen and oxygen atoms in total. The van der Waals surface area contributed by atoms with E-state index in [-0.39, 0.29) is 16.6 Å². The molecule has 1 aromatic carbocycles. The van der Waals surface area contributed by atoms with Gasteiger partial charge in [0.05, 0.1) is 18.3 Å². The highest BCUT2D eigenvalue weighted by Gasteiger charge is 2.16. The molecular weight excluding hydrogens is 392 g/mol. The van der Waals surface area contributed by atoms with E-state index in [0.29, 0.717) is 18.2 Å². The van der Waals surface area contributed by atoms with Gasteiger partial charge >= 0.3 is 0 Å². The third-order valence-corrected chi connectivity index (χ3v) is 5.09. The van der Waals surface area contributed by atoms with Crippen molar-refractivity contribution in [2.45, 2.75) is 6.42 Å². The van der Waals surface area contributed by atoms with Gasteiger partial charge in [-0.25, -0.2) is 9.97 Å². The third-order valence-electron chi connectivity index (χ3n) is 4.82. The van der Waals surface area contributed by atoms with Crippen LogP contribution in [-0.4, -0.2) is 79.1 Å². The molecule has 1 aromatic heterocycles. The van der Waals surface area contributed by atoms with E-state index >= 15 is 0 Å². The third kappa shape index (κ3) is 6.28. The van der Waals surface area contributed by atoms with E-state index in [4.69, 9.17) is 16.3 Å². The number of nitrogens with one attached hydrogen (secondary N) is 2. The number of benzene rings is 1. The quantitative estimate of drug-likeness (QED) is 0.636. The van der Waals surface area contributed by atoms with Crippen LogP contribution >= 0.6 is 11.6 Å². The predicted octanol–water partition coefficient (Wildman–Crippen LogP) is 2.25. The van der Waals surface area contributed by atoms with Crippen molar-refractivity contribution < 1.29 is 9.53 Å². The molecule has 0 saturated carbocycles. The van der Waals surface area contributed by atoms with E-state index in [2.05, 4.69) is 37.4 Å². The van der Waals surface area contributed by atoms with Gasteiger partial charge in [-0.15, -0.1) is 0 Å². The molecule has 156 valence electrons. The monoisotopic (exact) mass is 418 g/mol. The van der Waals surface area contributed by atoms with E-state index in [1.165, 1.54) is 6.20 Å². The lowest BCUT2D eigenvalue weighted by Gasteiger charge is -2.32. The summed E-state index contributed by atoms with van der Waals surface area (Å²) in [4.78, 5) is 25.7. The summed E-state index contributed by atoms with van der Waals surface area (Å²) >= 11 is 6.14. The molecule has 0 radical (unpaired) electrons. The number of carbonyl (C=O) groups excluding carboxylic acids is 1. The zero-order valence-corrected chi connectivity index (χ0v) is 17.6. The summed E-state index contributed by atoms with van der Waals surface area (Å²) in [6.45, 7) is 5.86. The van der Waals surface area contributed by atoms with Crippen LogP contribution in [-0.2, 0) is 0 Å². The molecule has 0 unspecified atom stereocenters. The molecule has 2 heterocycles. The smallest absolute Gasteiger partial charge is 0.271 e. The Morgan fingerprint density at radius 1 is 1.28 bits per heavy atom. The molecule has 2 N–H and O–H groups in total. The van der Waals surface area contributed by atoms with Crippen molar-refractivity contribution >= 4 is 29.1 Å². The average Bonchev–Trinajstić information content (AvgIpc) is 2.74. The number of aromatic nitrogens is 2. The number of amides is 1. The van der Waals surface area contributed by atoms with Crippen LogP contribution in [0.1, 0.15) is 16.9 Å². The molecule has 3 rings (SSSR count). The van der Waals surface area contributed by atoms with E-state index in [0.717, 1.165) is 44.8 Å². The van der Waals surface area contributed by atoms with Gasteiger partial charge in [-0.05, 0) is 32.1 Å². The molecule has 1 aliphatic rings. The summed E-state index contributed by atoms with van der Waals surface area (Å²) in [5.41, 5.74) is 0.914. The van der Waals surface area contributed by atoms with Gasteiger partial charge in [0.15, 0.2) is 5.69 Å². The van der Waals surface area contributed by atoms with Gasteiger partial charge in [-0.1, -0.05) is 17.7 Å². The number of halogens is 1. The van der Waals surface area contributed by atoms with Crippen LogP contribution in [0.2, 0.25) is 5.02 Å². The summed E-state index contributed by atoms with van der Waals surface area (Å²) in [6, 6.07) is 7.37. The second kappa shape index (κ2) is 10.4. The first-order valence-electron chi connectivity index (χ1n) is 9.68. The highest BCUT2D eigenvalue weighted by molar-refractivity contribution is 6.33. The summed E-state index contributed by atoms with van der Waals surface area (Å²) < 4.78 is 5.21. The second-order valence-electron chi connectivity index (χ2n) is 7.00. The molecule has 1 fully saturated rings. The van der Waals surface area contributed by atoms with Gasteiger partial charge < -0.3 is 25.2 Å². The molecule has 1 aliphatic heterocycles. The van der Waals surface area contributed by atoms with Gasteiger partial charge in [0.2, 0.25) is 5.95 Å². The van der Waals surface area contributed by atoms with Crippen molar-refractivity contribution in [1.82, 2.24) is 25.1 Å². The summed E-state index contributed by atoms with van der Waals surface area (Å²) in [7, 11) is 3.74. The van der Waals surface area contributed by atoms with Crippen LogP contribution < -0.4 is 15.4 Å². The van der Waals surface area contributed by atoms with Crippen LogP contribution in [0.4, 0.5) is 11.6 Å². The summed E-state index contributed by atoms with van der Waals surface area (Å²) in [5.74, 6) is 0.706. The Hall–Kier alpha value is -2.42. The van der Waals surface area contributed by atoms with Gasteiger partial charge in [0.1, 0.15) is 5.75 Å². The minimum Gasteiger partial charge on any atom is -0.497 e. The largest absolute Gasteiger partial charge is 0.497 e. The number of likely N-dealkylation sites (N-methyl/N-ethyl adjacent to an activating group) is 1. The number of rotatable bonds is 8. The lowest BCUT2D eigenvalue weighted by molar-refractivity contribution is 0.0944. The fourth-order valence-corrected chi connectivity index (χ4v) is 3.25. The molecular formula is C20H27ClN6O2. The van der Waals surface area contributed by atoms with E-state index < -0.39 is 0 Å². The Kier molecular flexibility index (Phi) is 7.62. The molecule has 29 heavy (non-hydrogen) atoms. The molecule has 2 aromatic rings. The highest BCUT2D eigenvalue weighted by atomic mass is 35.5. The molecule has 1 amide bonds. The van der Waals surface area contributed by atoms with Gasteiger partial charge in [-0.2, -0.15) is 0 Å². The first-order valence-corrected chi connectivity index (χ1v) is 10.1. The molecule has 0 aliphatic carbocycles. The number of anilines is 2. The number of hydrogen-bond donors (Lipinski definition) is 2. The maximum Gasteiger partial charge on any atom is 0.271 e. The maximum atomic E-state index is 12.5. The maximum absolute atomic E-state index is 12.5. The van der Waals surface area contributed by atoms with E-state index in [9.17, 15) is 4.79 Å². The number of hydrogen-bond acceptors (Lipinski definition) is 7.